The average Bonchev–Trinajstić information content (AvgIpc) is 2.90. The fourth-order valence-electron chi connectivity index (χ4n) is 1.95. The van der Waals surface area contributed by atoms with Crippen LogP contribution in [0, 0.1) is 6.92 Å². The Hall–Kier alpha value is -2.24. The van der Waals surface area contributed by atoms with Crippen molar-refractivity contribution in [1.82, 2.24) is 9.97 Å². The summed E-state index contributed by atoms with van der Waals surface area (Å²) in [6.07, 6.45) is 3.22. The molecule has 1 aromatic carbocycles. The highest BCUT2D eigenvalue weighted by Gasteiger charge is 2.17. The van der Waals surface area contributed by atoms with Gasteiger partial charge in [0.1, 0.15) is 0 Å². The molecule has 0 saturated carbocycles. The molecule has 0 aliphatic carbocycles. The van der Waals surface area contributed by atoms with Gasteiger partial charge in [0.05, 0.1) is 10.6 Å². The van der Waals surface area contributed by atoms with Crippen molar-refractivity contribution in [3.8, 4) is 0 Å². The summed E-state index contributed by atoms with van der Waals surface area (Å²) in [5, 5.41) is 4.54. The van der Waals surface area contributed by atoms with Gasteiger partial charge < -0.3 is 5.32 Å². The lowest BCUT2D eigenvalue weighted by atomic mass is 10.1. The molecule has 1 N–H and O–H groups in total. The summed E-state index contributed by atoms with van der Waals surface area (Å²) in [6.45, 7) is 1.83. The van der Waals surface area contributed by atoms with E-state index in [1.807, 2.05) is 19.1 Å². The molecule has 3 rings (SSSR count). The van der Waals surface area contributed by atoms with Gasteiger partial charge in [-0.15, -0.1) is 0 Å². The predicted molar refractivity (Wildman–Crippen MR) is 89.3 cm³/mol. The molecular formula is C16H12ClN3OS. The number of rotatable bonds is 4. The van der Waals surface area contributed by atoms with Crippen LogP contribution >= 0.6 is 22.9 Å². The second-order valence-corrected chi connectivity index (χ2v) is 6.07. The summed E-state index contributed by atoms with van der Waals surface area (Å²) in [4.78, 5) is 21.4. The number of thiazole rings is 1. The lowest BCUT2D eigenvalue weighted by Crippen LogP contribution is -2.00. The zero-order chi connectivity index (χ0) is 15.5. The Kier molecular flexibility index (Phi) is 4.18. The SMILES string of the molecule is Cc1nc(Nc2ccc(Cl)cc2)sc1C(=O)c1ccncc1. The Morgan fingerprint density at radius 1 is 1.14 bits per heavy atom. The van der Waals surface area contributed by atoms with Crippen LogP contribution in [0.1, 0.15) is 20.9 Å². The number of carbonyl (C=O) groups is 1. The van der Waals surface area contributed by atoms with Gasteiger partial charge in [-0.25, -0.2) is 4.98 Å². The number of pyridine rings is 1. The molecule has 0 radical (unpaired) electrons. The third-order valence-corrected chi connectivity index (χ3v) is 4.36. The van der Waals surface area contributed by atoms with Crippen molar-refractivity contribution in [3.63, 3.8) is 0 Å². The van der Waals surface area contributed by atoms with E-state index < -0.39 is 0 Å². The molecule has 0 spiro atoms. The predicted octanol–water partition coefficient (Wildman–Crippen LogP) is 4.47. The van der Waals surface area contributed by atoms with Crippen LogP contribution in [-0.2, 0) is 0 Å². The Labute approximate surface area is 136 Å². The quantitative estimate of drug-likeness (QED) is 0.717. The molecule has 0 atom stereocenters. The molecule has 2 heterocycles. The molecule has 0 saturated heterocycles. The van der Waals surface area contributed by atoms with Crippen LogP contribution in [0.3, 0.4) is 0 Å². The Morgan fingerprint density at radius 2 is 1.82 bits per heavy atom. The lowest BCUT2D eigenvalue weighted by Gasteiger charge is -2.01. The molecule has 0 aliphatic heterocycles. The topological polar surface area (TPSA) is 54.9 Å². The van der Waals surface area contributed by atoms with Gasteiger partial charge in [0, 0.05) is 28.7 Å². The first-order chi connectivity index (χ1) is 10.6. The largest absolute Gasteiger partial charge is 0.332 e. The summed E-state index contributed by atoms with van der Waals surface area (Å²) in [5.74, 6) is -0.0402. The van der Waals surface area contributed by atoms with Crippen LogP contribution in [0.15, 0.2) is 48.8 Å². The summed E-state index contributed by atoms with van der Waals surface area (Å²) >= 11 is 7.20. The first kappa shape index (κ1) is 14.7. The van der Waals surface area contributed by atoms with E-state index in [1.54, 1.807) is 36.7 Å². The monoisotopic (exact) mass is 329 g/mol. The molecular weight excluding hydrogens is 318 g/mol. The highest BCUT2D eigenvalue weighted by molar-refractivity contribution is 7.17. The smallest absolute Gasteiger partial charge is 0.205 e. The van der Waals surface area contributed by atoms with Gasteiger partial charge >= 0.3 is 0 Å². The lowest BCUT2D eigenvalue weighted by molar-refractivity contribution is 0.104. The number of halogens is 1. The minimum absolute atomic E-state index is 0.0402. The van der Waals surface area contributed by atoms with Gasteiger partial charge in [0.15, 0.2) is 5.13 Å². The molecule has 0 bridgehead atoms. The van der Waals surface area contributed by atoms with Gasteiger partial charge in [0.2, 0.25) is 5.78 Å². The first-order valence-corrected chi connectivity index (χ1v) is 7.77. The van der Waals surface area contributed by atoms with Crippen LogP contribution in [0.2, 0.25) is 5.02 Å². The number of benzene rings is 1. The Morgan fingerprint density at radius 3 is 2.50 bits per heavy atom. The second kappa shape index (κ2) is 6.25. The normalized spacial score (nSPS) is 10.5. The number of aryl methyl sites for hydroxylation is 1. The van der Waals surface area contributed by atoms with E-state index in [-0.39, 0.29) is 5.78 Å². The summed E-state index contributed by atoms with van der Waals surface area (Å²) in [7, 11) is 0. The third kappa shape index (κ3) is 3.16. The summed E-state index contributed by atoms with van der Waals surface area (Å²) < 4.78 is 0. The van der Waals surface area contributed by atoms with Crippen LogP contribution < -0.4 is 5.32 Å². The summed E-state index contributed by atoms with van der Waals surface area (Å²) in [5.41, 5.74) is 2.20. The molecule has 110 valence electrons. The molecule has 0 fully saturated rings. The number of carbonyl (C=O) groups excluding carboxylic acids is 1. The maximum atomic E-state index is 12.5. The first-order valence-electron chi connectivity index (χ1n) is 6.58. The minimum atomic E-state index is -0.0402. The number of anilines is 2. The number of nitrogens with one attached hydrogen (secondary N) is 1. The van der Waals surface area contributed by atoms with E-state index in [1.165, 1.54) is 11.3 Å². The van der Waals surface area contributed by atoms with Crippen molar-refractivity contribution >= 4 is 39.5 Å². The Bertz CT molecular complexity index is 800. The highest BCUT2D eigenvalue weighted by atomic mass is 35.5. The Balaban J connectivity index is 1.85. The number of aromatic nitrogens is 2. The van der Waals surface area contributed by atoms with Crippen molar-refractivity contribution in [2.45, 2.75) is 6.92 Å². The highest BCUT2D eigenvalue weighted by Crippen LogP contribution is 2.28. The van der Waals surface area contributed by atoms with Crippen molar-refractivity contribution in [2.24, 2.45) is 0 Å². The van der Waals surface area contributed by atoms with Crippen molar-refractivity contribution in [2.75, 3.05) is 5.32 Å². The molecule has 2 aromatic heterocycles. The molecule has 4 nitrogen and oxygen atoms in total. The van der Waals surface area contributed by atoms with Crippen LogP contribution in [-0.4, -0.2) is 15.8 Å². The van der Waals surface area contributed by atoms with E-state index in [0.717, 1.165) is 5.69 Å². The van der Waals surface area contributed by atoms with E-state index in [9.17, 15) is 4.79 Å². The molecule has 0 amide bonds. The zero-order valence-electron chi connectivity index (χ0n) is 11.7. The summed E-state index contributed by atoms with van der Waals surface area (Å²) in [6, 6.07) is 10.7. The van der Waals surface area contributed by atoms with E-state index in [0.29, 0.717) is 26.3 Å². The van der Waals surface area contributed by atoms with Gasteiger partial charge in [0.25, 0.3) is 0 Å². The molecule has 0 unspecified atom stereocenters. The van der Waals surface area contributed by atoms with Crippen LogP contribution in [0.4, 0.5) is 10.8 Å². The zero-order valence-corrected chi connectivity index (χ0v) is 13.3. The van der Waals surface area contributed by atoms with Gasteiger partial charge in [-0.2, -0.15) is 0 Å². The van der Waals surface area contributed by atoms with E-state index in [2.05, 4.69) is 15.3 Å². The number of ketones is 1. The maximum absolute atomic E-state index is 12.5. The van der Waals surface area contributed by atoms with Gasteiger partial charge in [-0.3, -0.25) is 9.78 Å². The van der Waals surface area contributed by atoms with Crippen LogP contribution in [0.5, 0.6) is 0 Å². The molecule has 22 heavy (non-hydrogen) atoms. The second-order valence-electron chi connectivity index (χ2n) is 4.63. The number of hydrogen-bond donors (Lipinski definition) is 1. The van der Waals surface area contributed by atoms with Crippen molar-refractivity contribution < 1.29 is 4.79 Å². The maximum Gasteiger partial charge on any atom is 0.205 e. The number of hydrogen-bond acceptors (Lipinski definition) is 5. The van der Waals surface area contributed by atoms with Gasteiger partial charge in [-0.1, -0.05) is 22.9 Å². The van der Waals surface area contributed by atoms with E-state index in [4.69, 9.17) is 11.6 Å². The molecule has 3 aromatic rings. The fraction of sp³-hybridized carbons (Fsp3) is 0.0625. The fourth-order valence-corrected chi connectivity index (χ4v) is 3.03. The average molecular weight is 330 g/mol. The van der Waals surface area contributed by atoms with Crippen LogP contribution in [0.25, 0.3) is 0 Å². The number of nitrogens with zero attached hydrogens (tertiary/aromatic N) is 2. The van der Waals surface area contributed by atoms with E-state index >= 15 is 0 Å². The minimum Gasteiger partial charge on any atom is -0.332 e. The van der Waals surface area contributed by atoms with Gasteiger partial charge in [-0.05, 0) is 43.3 Å². The molecule has 6 heteroatoms. The molecule has 0 aliphatic rings. The third-order valence-electron chi connectivity index (χ3n) is 3.04. The van der Waals surface area contributed by atoms with Crippen molar-refractivity contribution in [1.29, 1.82) is 0 Å². The van der Waals surface area contributed by atoms with Crippen molar-refractivity contribution in [3.05, 3.63) is 69.9 Å². The standard InChI is InChI=1S/C16H12ClN3OS/c1-10-15(14(21)11-6-8-18-9-7-11)22-16(19-10)20-13-4-2-12(17)3-5-13/h2-9H,1H3,(H,19,20).